The van der Waals surface area contributed by atoms with Gasteiger partial charge in [0.1, 0.15) is 5.75 Å². The van der Waals surface area contributed by atoms with Crippen LogP contribution in [0.25, 0.3) is 0 Å². The van der Waals surface area contributed by atoms with Crippen molar-refractivity contribution in [1.29, 1.82) is 0 Å². The Labute approximate surface area is 160 Å². The van der Waals surface area contributed by atoms with Crippen LogP contribution in [0.2, 0.25) is 0 Å². The van der Waals surface area contributed by atoms with Crippen LogP contribution in [0, 0.1) is 0 Å². The highest BCUT2D eigenvalue weighted by Crippen LogP contribution is 2.36. The molecule has 1 heterocycles. The standard InChI is InChI=1S/C22H27NO2S/c1-2-8-19-16-20(15-18(19)7-1)23-12-3-4-14-25-26-21-11-5-9-17-10-6-13-24-22(17)21/h1-2,5,7-9,11,20,23H,3-4,6,10,12-16H2. The summed E-state index contributed by atoms with van der Waals surface area (Å²) in [5.74, 6) is 1.03. The number of unbranched alkanes of at least 4 members (excludes halogenated alkanes) is 1. The topological polar surface area (TPSA) is 30.5 Å². The lowest BCUT2D eigenvalue weighted by molar-refractivity contribution is 0.279. The first-order valence-electron chi connectivity index (χ1n) is 9.74. The fourth-order valence-corrected chi connectivity index (χ4v) is 4.55. The van der Waals surface area contributed by atoms with Gasteiger partial charge in [-0.05, 0) is 67.8 Å². The van der Waals surface area contributed by atoms with Gasteiger partial charge in [0.15, 0.2) is 0 Å². The number of para-hydroxylation sites is 1. The third kappa shape index (κ3) is 4.43. The number of nitrogens with one attached hydrogen (secondary N) is 1. The highest BCUT2D eigenvalue weighted by Gasteiger charge is 2.19. The van der Waals surface area contributed by atoms with Gasteiger partial charge in [0, 0.05) is 18.1 Å². The van der Waals surface area contributed by atoms with Crippen molar-refractivity contribution >= 4 is 12.0 Å². The maximum atomic E-state index is 5.82. The molecule has 2 aromatic rings. The van der Waals surface area contributed by atoms with E-state index >= 15 is 0 Å². The van der Waals surface area contributed by atoms with Crippen LogP contribution in [0.15, 0.2) is 47.4 Å². The van der Waals surface area contributed by atoms with Crippen molar-refractivity contribution in [2.75, 3.05) is 19.8 Å². The molecule has 26 heavy (non-hydrogen) atoms. The minimum absolute atomic E-state index is 0.607. The second-order valence-corrected chi connectivity index (χ2v) is 7.98. The number of benzene rings is 2. The van der Waals surface area contributed by atoms with E-state index in [9.17, 15) is 0 Å². The van der Waals surface area contributed by atoms with Gasteiger partial charge >= 0.3 is 0 Å². The van der Waals surface area contributed by atoms with Crippen molar-refractivity contribution in [3.05, 3.63) is 59.2 Å². The molecule has 0 spiro atoms. The Hall–Kier alpha value is -1.49. The van der Waals surface area contributed by atoms with Crippen molar-refractivity contribution < 1.29 is 8.92 Å². The summed E-state index contributed by atoms with van der Waals surface area (Å²) in [4.78, 5) is 1.11. The molecule has 1 aliphatic carbocycles. The van der Waals surface area contributed by atoms with Gasteiger partial charge in [0.2, 0.25) is 0 Å². The Bertz CT molecular complexity index is 709. The molecule has 0 aromatic heterocycles. The quantitative estimate of drug-likeness (QED) is 0.545. The third-order valence-electron chi connectivity index (χ3n) is 5.18. The van der Waals surface area contributed by atoms with Crippen LogP contribution >= 0.6 is 12.0 Å². The molecule has 1 N–H and O–H groups in total. The lowest BCUT2D eigenvalue weighted by Crippen LogP contribution is -2.30. The molecule has 0 radical (unpaired) electrons. The van der Waals surface area contributed by atoms with Crippen LogP contribution in [-0.4, -0.2) is 25.8 Å². The van der Waals surface area contributed by atoms with Crippen molar-refractivity contribution in [3.8, 4) is 5.75 Å². The number of fused-ring (bicyclic) bond motifs is 2. The summed E-state index contributed by atoms with van der Waals surface area (Å²) in [6.45, 7) is 2.67. The van der Waals surface area contributed by atoms with Crippen LogP contribution in [-0.2, 0) is 23.4 Å². The molecule has 1 aliphatic heterocycles. The molecule has 3 nitrogen and oxygen atoms in total. The summed E-state index contributed by atoms with van der Waals surface area (Å²) in [6.07, 6.45) is 6.79. The average molecular weight is 370 g/mol. The monoisotopic (exact) mass is 369 g/mol. The molecule has 0 amide bonds. The predicted molar refractivity (Wildman–Crippen MR) is 107 cm³/mol. The largest absolute Gasteiger partial charge is 0.492 e. The number of ether oxygens (including phenoxy) is 1. The average Bonchev–Trinajstić information content (AvgIpc) is 3.10. The lowest BCUT2D eigenvalue weighted by Gasteiger charge is -2.19. The minimum Gasteiger partial charge on any atom is -0.492 e. The van der Waals surface area contributed by atoms with Gasteiger partial charge in [-0.15, -0.1) is 0 Å². The van der Waals surface area contributed by atoms with E-state index in [-0.39, 0.29) is 0 Å². The fourth-order valence-electron chi connectivity index (χ4n) is 3.82. The maximum Gasteiger partial charge on any atom is 0.138 e. The van der Waals surface area contributed by atoms with Gasteiger partial charge in [-0.25, -0.2) is 0 Å². The van der Waals surface area contributed by atoms with Crippen molar-refractivity contribution in [3.63, 3.8) is 0 Å². The maximum absolute atomic E-state index is 5.82. The molecule has 0 atom stereocenters. The number of hydrogen-bond donors (Lipinski definition) is 1. The van der Waals surface area contributed by atoms with Crippen molar-refractivity contribution in [1.82, 2.24) is 5.32 Å². The molecule has 138 valence electrons. The molecule has 0 saturated carbocycles. The van der Waals surface area contributed by atoms with Gasteiger partial charge in [-0.3, -0.25) is 0 Å². The summed E-state index contributed by atoms with van der Waals surface area (Å²) in [6, 6.07) is 15.8. The van der Waals surface area contributed by atoms with Gasteiger partial charge in [-0.2, -0.15) is 0 Å². The normalized spacial score (nSPS) is 16.2. The van der Waals surface area contributed by atoms with E-state index in [1.54, 1.807) is 0 Å². The van der Waals surface area contributed by atoms with Crippen LogP contribution < -0.4 is 10.1 Å². The molecule has 2 aliphatic rings. The Morgan fingerprint density at radius 2 is 1.81 bits per heavy atom. The zero-order valence-electron chi connectivity index (χ0n) is 15.2. The van der Waals surface area contributed by atoms with Gasteiger partial charge in [0.05, 0.1) is 18.1 Å². The van der Waals surface area contributed by atoms with E-state index in [1.807, 2.05) is 0 Å². The lowest BCUT2D eigenvalue weighted by atomic mass is 10.1. The summed E-state index contributed by atoms with van der Waals surface area (Å²) < 4.78 is 11.6. The molecule has 0 fully saturated rings. The van der Waals surface area contributed by atoms with E-state index in [0.717, 1.165) is 56.1 Å². The summed E-state index contributed by atoms with van der Waals surface area (Å²) in [5, 5.41) is 3.70. The van der Waals surface area contributed by atoms with Crippen LogP contribution in [0.1, 0.15) is 36.0 Å². The Morgan fingerprint density at radius 1 is 1.00 bits per heavy atom. The summed E-state index contributed by atoms with van der Waals surface area (Å²) in [5.41, 5.74) is 4.34. The predicted octanol–water partition coefficient (Wildman–Crippen LogP) is 4.57. The highest BCUT2D eigenvalue weighted by atomic mass is 32.2. The van der Waals surface area contributed by atoms with E-state index in [1.165, 1.54) is 41.6 Å². The zero-order valence-corrected chi connectivity index (χ0v) is 16.0. The minimum atomic E-state index is 0.607. The first-order valence-corrected chi connectivity index (χ1v) is 10.5. The summed E-state index contributed by atoms with van der Waals surface area (Å²) >= 11 is 1.46. The highest BCUT2D eigenvalue weighted by molar-refractivity contribution is 7.94. The first-order chi connectivity index (χ1) is 12.9. The Balaban J connectivity index is 1.11. The molecular formula is C22H27NO2S. The molecule has 0 saturated heterocycles. The Kier molecular flexibility index (Phi) is 6.15. The molecular weight excluding hydrogens is 342 g/mol. The number of hydrogen-bond acceptors (Lipinski definition) is 4. The fraction of sp³-hybridized carbons (Fsp3) is 0.455. The molecule has 4 heteroatoms. The molecule has 4 rings (SSSR count). The first kappa shape index (κ1) is 17.9. The van der Waals surface area contributed by atoms with Crippen molar-refractivity contribution in [2.45, 2.75) is 49.5 Å². The van der Waals surface area contributed by atoms with E-state index < -0.39 is 0 Å². The van der Waals surface area contributed by atoms with Gasteiger partial charge in [0.25, 0.3) is 0 Å². The van der Waals surface area contributed by atoms with E-state index in [4.69, 9.17) is 8.92 Å². The van der Waals surface area contributed by atoms with Gasteiger partial charge < -0.3 is 14.2 Å². The molecule has 0 bridgehead atoms. The summed E-state index contributed by atoms with van der Waals surface area (Å²) in [7, 11) is 0. The molecule has 0 unspecified atom stereocenters. The van der Waals surface area contributed by atoms with Crippen LogP contribution in [0.5, 0.6) is 5.75 Å². The van der Waals surface area contributed by atoms with E-state index in [0.29, 0.717) is 6.04 Å². The number of aryl methyl sites for hydroxylation is 1. The third-order valence-corrected chi connectivity index (χ3v) is 5.97. The smallest absolute Gasteiger partial charge is 0.138 e. The molecule has 2 aromatic carbocycles. The van der Waals surface area contributed by atoms with Crippen LogP contribution in [0.3, 0.4) is 0 Å². The Morgan fingerprint density at radius 3 is 2.65 bits per heavy atom. The van der Waals surface area contributed by atoms with Gasteiger partial charge in [-0.1, -0.05) is 36.4 Å². The van der Waals surface area contributed by atoms with E-state index in [2.05, 4.69) is 47.8 Å². The van der Waals surface area contributed by atoms with Crippen molar-refractivity contribution in [2.24, 2.45) is 0 Å². The second kappa shape index (κ2) is 8.94. The van der Waals surface area contributed by atoms with Crippen LogP contribution in [0.4, 0.5) is 0 Å². The second-order valence-electron chi connectivity index (χ2n) is 7.14. The number of rotatable bonds is 8. The zero-order chi connectivity index (χ0) is 17.6. The SMILES string of the molecule is c1ccc2c(c1)CC(NCCCCOSc1cccc3c1OCCC3)C2.